The molecule has 0 aliphatic carbocycles. The zero-order valence-corrected chi connectivity index (χ0v) is 16.7. The molecule has 0 spiro atoms. The van der Waals surface area contributed by atoms with Crippen molar-refractivity contribution < 1.29 is 9.53 Å². The van der Waals surface area contributed by atoms with Crippen molar-refractivity contribution in [2.24, 2.45) is 0 Å². The van der Waals surface area contributed by atoms with Gasteiger partial charge in [0.15, 0.2) is 5.82 Å². The highest BCUT2D eigenvalue weighted by Crippen LogP contribution is 2.24. The molecular formula is C19H22N6O2S. The van der Waals surface area contributed by atoms with Crippen LogP contribution in [0, 0.1) is 0 Å². The van der Waals surface area contributed by atoms with Crippen molar-refractivity contribution >= 4 is 29.0 Å². The topological polar surface area (TPSA) is 98.3 Å². The fourth-order valence-electron chi connectivity index (χ4n) is 2.50. The monoisotopic (exact) mass is 398 g/mol. The molecule has 2 aromatic carbocycles. The highest BCUT2D eigenvalue weighted by atomic mass is 32.2. The third-order valence-corrected chi connectivity index (χ3v) is 4.94. The minimum absolute atomic E-state index is 0.145. The van der Waals surface area contributed by atoms with Crippen LogP contribution in [0.1, 0.15) is 0 Å². The Hall–Kier alpha value is -3.20. The van der Waals surface area contributed by atoms with E-state index in [1.54, 1.807) is 7.11 Å². The van der Waals surface area contributed by atoms with Crippen LogP contribution in [0.15, 0.2) is 53.7 Å². The van der Waals surface area contributed by atoms with Gasteiger partial charge in [-0.05, 0) is 36.4 Å². The van der Waals surface area contributed by atoms with E-state index in [2.05, 4.69) is 15.5 Å². The molecule has 3 aromatic rings. The minimum atomic E-state index is -0.145. The zero-order chi connectivity index (χ0) is 20.1. The Morgan fingerprint density at radius 3 is 2.64 bits per heavy atom. The number of nitrogens with two attached hydrogens (primary N) is 1. The number of amides is 1. The highest BCUT2D eigenvalue weighted by Gasteiger charge is 2.14. The second-order valence-corrected chi connectivity index (χ2v) is 7.13. The molecule has 1 aromatic heterocycles. The summed E-state index contributed by atoms with van der Waals surface area (Å²) in [4.78, 5) is 14.2. The second-order valence-electron chi connectivity index (χ2n) is 6.19. The van der Waals surface area contributed by atoms with Gasteiger partial charge in [-0.3, -0.25) is 4.79 Å². The largest absolute Gasteiger partial charge is 0.497 e. The van der Waals surface area contributed by atoms with Crippen molar-refractivity contribution in [3.63, 3.8) is 0 Å². The maximum atomic E-state index is 12.2. The molecule has 28 heavy (non-hydrogen) atoms. The number of aromatic nitrogens is 3. The van der Waals surface area contributed by atoms with Crippen LogP contribution in [0.2, 0.25) is 0 Å². The number of ether oxygens (including phenoxy) is 1. The summed E-state index contributed by atoms with van der Waals surface area (Å²) < 4.78 is 6.59. The summed E-state index contributed by atoms with van der Waals surface area (Å²) in [6, 6.07) is 15.0. The van der Waals surface area contributed by atoms with Gasteiger partial charge in [0.05, 0.1) is 12.9 Å². The molecule has 1 heterocycles. The molecular weight excluding hydrogens is 376 g/mol. The molecule has 0 bridgehead atoms. The first-order valence-electron chi connectivity index (χ1n) is 8.53. The first-order chi connectivity index (χ1) is 13.5. The molecule has 0 unspecified atom stereocenters. The second kappa shape index (κ2) is 8.66. The van der Waals surface area contributed by atoms with E-state index in [0.29, 0.717) is 16.7 Å². The third kappa shape index (κ3) is 4.55. The Labute approximate surface area is 167 Å². The van der Waals surface area contributed by atoms with Crippen molar-refractivity contribution in [1.82, 2.24) is 14.9 Å². The van der Waals surface area contributed by atoms with Crippen LogP contribution in [-0.2, 0) is 4.79 Å². The van der Waals surface area contributed by atoms with Crippen LogP contribution in [0.3, 0.4) is 0 Å². The lowest BCUT2D eigenvalue weighted by atomic mass is 10.2. The number of anilines is 2. The van der Waals surface area contributed by atoms with Gasteiger partial charge >= 0.3 is 0 Å². The molecule has 0 radical (unpaired) electrons. The molecule has 0 atom stereocenters. The van der Waals surface area contributed by atoms with E-state index in [4.69, 9.17) is 10.6 Å². The van der Waals surface area contributed by atoms with E-state index in [-0.39, 0.29) is 11.7 Å². The van der Waals surface area contributed by atoms with E-state index >= 15 is 0 Å². The normalized spacial score (nSPS) is 10.5. The summed E-state index contributed by atoms with van der Waals surface area (Å²) in [7, 11) is 5.53. The first kappa shape index (κ1) is 19.6. The van der Waals surface area contributed by atoms with Crippen molar-refractivity contribution in [3.8, 4) is 17.1 Å². The fourth-order valence-corrected chi connectivity index (χ4v) is 3.16. The first-order valence-corrected chi connectivity index (χ1v) is 9.51. The number of nitrogens with one attached hydrogen (secondary N) is 1. The lowest BCUT2D eigenvalue weighted by Crippen LogP contribution is -2.16. The van der Waals surface area contributed by atoms with E-state index < -0.39 is 0 Å². The molecule has 9 heteroatoms. The highest BCUT2D eigenvalue weighted by molar-refractivity contribution is 7.99. The van der Waals surface area contributed by atoms with Crippen molar-refractivity contribution in [1.29, 1.82) is 0 Å². The van der Waals surface area contributed by atoms with Gasteiger partial charge in [0, 0.05) is 31.0 Å². The molecule has 3 N–H and O–H groups in total. The smallest absolute Gasteiger partial charge is 0.234 e. The van der Waals surface area contributed by atoms with Gasteiger partial charge in [-0.1, -0.05) is 23.9 Å². The zero-order valence-electron chi connectivity index (χ0n) is 15.9. The van der Waals surface area contributed by atoms with Gasteiger partial charge in [0.25, 0.3) is 0 Å². The van der Waals surface area contributed by atoms with Crippen molar-refractivity contribution in [2.75, 3.05) is 43.0 Å². The number of benzene rings is 2. The molecule has 0 saturated carbocycles. The van der Waals surface area contributed by atoms with Gasteiger partial charge in [-0.2, -0.15) is 0 Å². The quantitative estimate of drug-likeness (QED) is 0.466. The van der Waals surface area contributed by atoms with Crippen LogP contribution in [0.25, 0.3) is 11.4 Å². The third-order valence-electron chi connectivity index (χ3n) is 3.99. The summed E-state index contributed by atoms with van der Waals surface area (Å²) in [6.45, 7) is 0. The molecule has 0 saturated heterocycles. The van der Waals surface area contributed by atoms with E-state index in [9.17, 15) is 4.79 Å². The van der Waals surface area contributed by atoms with Crippen LogP contribution in [0.4, 0.5) is 11.4 Å². The minimum Gasteiger partial charge on any atom is -0.497 e. The molecule has 3 rings (SSSR count). The SMILES string of the molecule is COc1cccc(-c2nnc(SCC(=O)Nc3ccc(N(C)C)cc3)n2N)c1. The van der Waals surface area contributed by atoms with Crippen LogP contribution in [-0.4, -0.2) is 47.7 Å². The van der Waals surface area contributed by atoms with Gasteiger partial charge in [0.2, 0.25) is 11.1 Å². The maximum absolute atomic E-state index is 12.2. The Morgan fingerprint density at radius 2 is 1.96 bits per heavy atom. The Morgan fingerprint density at radius 1 is 1.21 bits per heavy atom. The number of hydrogen-bond acceptors (Lipinski definition) is 7. The summed E-state index contributed by atoms with van der Waals surface area (Å²) in [5, 5.41) is 11.5. The van der Waals surface area contributed by atoms with Crippen LogP contribution >= 0.6 is 11.8 Å². The summed E-state index contributed by atoms with van der Waals surface area (Å²) >= 11 is 1.22. The predicted molar refractivity (Wildman–Crippen MR) is 112 cm³/mol. The molecule has 8 nitrogen and oxygen atoms in total. The lowest BCUT2D eigenvalue weighted by Gasteiger charge is -2.13. The maximum Gasteiger partial charge on any atom is 0.234 e. The van der Waals surface area contributed by atoms with E-state index in [1.165, 1.54) is 16.4 Å². The number of rotatable bonds is 7. The molecule has 1 amide bonds. The Bertz CT molecular complexity index is 955. The van der Waals surface area contributed by atoms with Crippen LogP contribution in [0.5, 0.6) is 5.75 Å². The average molecular weight is 398 g/mol. The average Bonchev–Trinajstić information content (AvgIpc) is 3.07. The van der Waals surface area contributed by atoms with Gasteiger partial charge < -0.3 is 20.8 Å². The number of methoxy groups -OCH3 is 1. The Kier molecular flexibility index (Phi) is 6.05. The predicted octanol–water partition coefficient (Wildman–Crippen LogP) is 2.46. The van der Waals surface area contributed by atoms with Crippen molar-refractivity contribution in [2.45, 2.75) is 5.16 Å². The van der Waals surface area contributed by atoms with Crippen LogP contribution < -0.4 is 20.8 Å². The molecule has 146 valence electrons. The number of hydrogen-bond donors (Lipinski definition) is 2. The number of carbonyl (C=O) groups excluding carboxylic acids is 1. The summed E-state index contributed by atoms with van der Waals surface area (Å²) in [5.41, 5.74) is 2.59. The summed E-state index contributed by atoms with van der Waals surface area (Å²) in [6.07, 6.45) is 0. The molecule has 0 aliphatic heterocycles. The Balaban J connectivity index is 1.61. The number of nitrogens with zero attached hydrogens (tertiary/aromatic N) is 4. The van der Waals surface area contributed by atoms with Gasteiger partial charge in [-0.25, -0.2) is 4.68 Å². The standard InChI is InChI=1S/C19H22N6O2S/c1-24(2)15-9-7-14(8-10-15)21-17(26)12-28-19-23-22-18(25(19)20)13-5-4-6-16(11-13)27-3/h4-11H,12,20H2,1-3H3,(H,21,26). The lowest BCUT2D eigenvalue weighted by molar-refractivity contribution is -0.113. The van der Waals surface area contributed by atoms with E-state index in [1.807, 2.05) is 67.5 Å². The van der Waals surface area contributed by atoms with Gasteiger partial charge in [-0.15, -0.1) is 10.2 Å². The molecule has 0 fully saturated rings. The molecule has 0 aliphatic rings. The van der Waals surface area contributed by atoms with E-state index in [0.717, 1.165) is 16.9 Å². The fraction of sp³-hybridized carbons (Fsp3) is 0.211. The number of thioether (sulfide) groups is 1. The number of carbonyl (C=O) groups is 1. The van der Waals surface area contributed by atoms with Gasteiger partial charge in [0.1, 0.15) is 5.75 Å². The van der Waals surface area contributed by atoms with Crippen molar-refractivity contribution in [3.05, 3.63) is 48.5 Å². The number of nitrogen functional groups attached to an aromatic ring is 1. The summed E-state index contributed by atoms with van der Waals surface area (Å²) in [5.74, 6) is 7.33.